The number of aryl methyl sites for hydroxylation is 3. The van der Waals surface area contributed by atoms with Crippen LogP contribution in [0.1, 0.15) is 38.6 Å². The quantitative estimate of drug-likeness (QED) is 0.929. The number of amides is 2. The summed E-state index contributed by atoms with van der Waals surface area (Å²) < 4.78 is 2.14. The van der Waals surface area contributed by atoms with Crippen molar-refractivity contribution in [2.75, 3.05) is 13.1 Å². The maximum atomic E-state index is 13.2. The Morgan fingerprint density at radius 1 is 1.17 bits per heavy atom. The second-order valence-corrected chi connectivity index (χ2v) is 7.76. The van der Waals surface area contributed by atoms with Crippen molar-refractivity contribution in [2.24, 2.45) is 11.7 Å². The highest BCUT2D eigenvalue weighted by Gasteiger charge is 2.33. The molecule has 0 aliphatic carbocycles. The molecule has 128 valence electrons. The van der Waals surface area contributed by atoms with Crippen LogP contribution in [-0.2, 0) is 4.79 Å². The molecule has 24 heavy (non-hydrogen) atoms. The van der Waals surface area contributed by atoms with E-state index in [0.29, 0.717) is 19.5 Å². The number of nitrogens with zero attached hydrogens (tertiary/aromatic N) is 2. The monoisotopic (exact) mass is 345 g/mol. The van der Waals surface area contributed by atoms with E-state index in [1.54, 1.807) is 16.2 Å². The van der Waals surface area contributed by atoms with Gasteiger partial charge >= 0.3 is 0 Å². The molecule has 0 saturated carbocycles. The normalized spacial score (nSPS) is 17.5. The summed E-state index contributed by atoms with van der Waals surface area (Å²) in [6.07, 6.45) is 0.653. The van der Waals surface area contributed by atoms with Crippen molar-refractivity contribution in [3.63, 3.8) is 0 Å². The summed E-state index contributed by atoms with van der Waals surface area (Å²) >= 11 is 1.65. The van der Waals surface area contributed by atoms with Gasteiger partial charge in [-0.25, -0.2) is 0 Å². The number of hydrogen-bond acceptors (Lipinski definition) is 3. The molecule has 1 fully saturated rings. The molecule has 0 aromatic carbocycles. The third-order valence-corrected chi connectivity index (χ3v) is 6.13. The van der Waals surface area contributed by atoms with Crippen molar-refractivity contribution in [1.82, 2.24) is 9.47 Å². The Morgan fingerprint density at radius 3 is 2.33 bits per heavy atom. The zero-order chi connectivity index (χ0) is 17.6. The van der Waals surface area contributed by atoms with Crippen LogP contribution in [0.25, 0.3) is 5.00 Å². The summed E-state index contributed by atoms with van der Waals surface area (Å²) in [5.74, 6) is -0.545. The molecule has 1 saturated heterocycles. The number of aromatic nitrogens is 1. The second-order valence-electron chi connectivity index (χ2n) is 6.55. The van der Waals surface area contributed by atoms with Gasteiger partial charge in [0.15, 0.2) is 0 Å². The Labute approximate surface area is 146 Å². The summed E-state index contributed by atoms with van der Waals surface area (Å²) in [6.45, 7) is 9.15. The topological polar surface area (TPSA) is 68.3 Å². The minimum Gasteiger partial charge on any atom is -0.369 e. The molecule has 6 heteroatoms. The summed E-state index contributed by atoms with van der Waals surface area (Å²) in [6, 6.07) is 4.12. The molecule has 1 aliphatic rings. The average molecular weight is 345 g/mol. The molecular weight excluding hydrogens is 322 g/mol. The Kier molecular flexibility index (Phi) is 4.25. The number of thiophene rings is 1. The lowest BCUT2D eigenvalue weighted by Gasteiger charge is -2.18. The lowest BCUT2D eigenvalue weighted by atomic mass is 10.1. The molecule has 2 amide bonds. The Morgan fingerprint density at radius 2 is 1.79 bits per heavy atom. The first-order chi connectivity index (χ1) is 11.3. The molecule has 2 N–H and O–H groups in total. The van der Waals surface area contributed by atoms with E-state index >= 15 is 0 Å². The number of rotatable bonds is 3. The highest BCUT2D eigenvalue weighted by Crippen LogP contribution is 2.34. The molecular formula is C18H23N3O2S. The fourth-order valence-electron chi connectivity index (χ4n) is 3.34. The van der Waals surface area contributed by atoms with Gasteiger partial charge in [-0.1, -0.05) is 0 Å². The number of hydrogen-bond donors (Lipinski definition) is 1. The lowest BCUT2D eigenvalue weighted by Crippen LogP contribution is -2.32. The van der Waals surface area contributed by atoms with E-state index in [2.05, 4.69) is 16.7 Å². The van der Waals surface area contributed by atoms with Crippen LogP contribution in [0.3, 0.4) is 0 Å². The van der Waals surface area contributed by atoms with E-state index in [4.69, 9.17) is 5.73 Å². The molecule has 2 aromatic rings. The molecule has 1 aliphatic heterocycles. The molecule has 3 rings (SSSR count). The number of primary amides is 1. The number of likely N-dealkylation sites (tertiary alicyclic amines) is 1. The number of carbonyl (C=O) groups excluding carboxylic acids is 2. The van der Waals surface area contributed by atoms with E-state index in [9.17, 15) is 9.59 Å². The minimum atomic E-state index is -0.319. The van der Waals surface area contributed by atoms with Crippen LogP contribution >= 0.6 is 11.3 Å². The van der Waals surface area contributed by atoms with Crippen molar-refractivity contribution < 1.29 is 9.59 Å². The average Bonchev–Trinajstić information content (AvgIpc) is 3.19. The maximum absolute atomic E-state index is 13.2. The van der Waals surface area contributed by atoms with Gasteiger partial charge in [-0.15, -0.1) is 11.3 Å². The van der Waals surface area contributed by atoms with E-state index in [0.717, 1.165) is 32.4 Å². The van der Waals surface area contributed by atoms with E-state index in [1.165, 1.54) is 0 Å². The zero-order valence-corrected chi connectivity index (χ0v) is 15.4. The lowest BCUT2D eigenvalue weighted by molar-refractivity contribution is -0.121. The predicted octanol–water partition coefficient (Wildman–Crippen LogP) is 2.72. The van der Waals surface area contributed by atoms with E-state index in [-0.39, 0.29) is 17.7 Å². The Hall–Kier alpha value is -2.08. The summed E-state index contributed by atoms with van der Waals surface area (Å²) in [5, 5.41) is 0.970. The van der Waals surface area contributed by atoms with Gasteiger partial charge in [0, 0.05) is 29.4 Å². The van der Waals surface area contributed by atoms with Crippen molar-refractivity contribution in [2.45, 2.75) is 34.1 Å². The maximum Gasteiger partial charge on any atom is 0.257 e. The fraction of sp³-hybridized carbons (Fsp3) is 0.444. The van der Waals surface area contributed by atoms with Gasteiger partial charge in [0.25, 0.3) is 5.91 Å². The molecule has 0 spiro atoms. The van der Waals surface area contributed by atoms with Gasteiger partial charge in [-0.3, -0.25) is 9.59 Å². The van der Waals surface area contributed by atoms with Crippen LogP contribution in [0.2, 0.25) is 0 Å². The molecule has 5 nitrogen and oxygen atoms in total. The van der Waals surface area contributed by atoms with E-state index in [1.807, 2.05) is 27.7 Å². The third-order valence-electron chi connectivity index (χ3n) is 4.93. The van der Waals surface area contributed by atoms with Gasteiger partial charge in [0.1, 0.15) is 5.00 Å². The molecule has 1 atom stereocenters. The molecule has 2 aromatic heterocycles. The minimum absolute atomic E-state index is 0.00287. The number of nitrogens with two attached hydrogens (primary N) is 1. The Balaban J connectivity index is 2.03. The molecule has 0 radical (unpaired) electrons. The van der Waals surface area contributed by atoms with Crippen LogP contribution in [0.15, 0.2) is 12.1 Å². The van der Waals surface area contributed by atoms with Crippen LogP contribution in [0, 0.1) is 33.6 Å². The summed E-state index contributed by atoms with van der Waals surface area (Å²) in [5.41, 5.74) is 9.40. The van der Waals surface area contributed by atoms with Crippen LogP contribution in [-0.4, -0.2) is 34.4 Å². The number of carbonyl (C=O) groups is 2. The van der Waals surface area contributed by atoms with Crippen molar-refractivity contribution in [1.29, 1.82) is 0 Å². The first-order valence-electron chi connectivity index (χ1n) is 8.15. The highest BCUT2D eigenvalue weighted by molar-refractivity contribution is 7.15. The predicted molar refractivity (Wildman–Crippen MR) is 95.8 cm³/mol. The molecule has 0 bridgehead atoms. The first kappa shape index (κ1) is 16.8. The van der Waals surface area contributed by atoms with Crippen molar-refractivity contribution >= 4 is 23.2 Å². The first-order valence-corrected chi connectivity index (χ1v) is 8.96. The zero-order valence-electron chi connectivity index (χ0n) is 14.5. The van der Waals surface area contributed by atoms with Gasteiger partial charge in [0.2, 0.25) is 5.91 Å². The molecule has 3 heterocycles. The van der Waals surface area contributed by atoms with Crippen LogP contribution in [0.4, 0.5) is 0 Å². The van der Waals surface area contributed by atoms with Gasteiger partial charge in [-0.2, -0.15) is 0 Å². The standard InChI is InChI=1S/C18H23N3O2S/c1-10-5-6-11(2)21(10)18-15(12(3)13(4)24-18)17(23)20-8-7-14(9-20)16(19)22/h5-6,14H,7-9H2,1-4H3,(H2,19,22)/t14-/m1/s1. The van der Waals surface area contributed by atoms with Crippen molar-refractivity contribution in [3.8, 4) is 5.00 Å². The van der Waals surface area contributed by atoms with Crippen molar-refractivity contribution in [3.05, 3.63) is 39.5 Å². The third kappa shape index (κ3) is 2.65. The SMILES string of the molecule is Cc1sc(-n2c(C)ccc2C)c(C(=O)N2CC[C@@H](C(N)=O)C2)c1C. The van der Waals surface area contributed by atoms with E-state index < -0.39 is 0 Å². The van der Waals surface area contributed by atoms with Crippen LogP contribution < -0.4 is 5.73 Å². The van der Waals surface area contributed by atoms with Gasteiger partial charge in [0.05, 0.1) is 11.5 Å². The molecule has 0 unspecified atom stereocenters. The highest BCUT2D eigenvalue weighted by atomic mass is 32.1. The van der Waals surface area contributed by atoms with Gasteiger partial charge < -0.3 is 15.2 Å². The van der Waals surface area contributed by atoms with Crippen LogP contribution in [0.5, 0.6) is 0 Å². The second kappa shape index (κ2) is 6.09. The summed E-state index contributed by atoms with van der Waals surface area (Å²) in [4.78, 5) is 27.5. The van der Waals surface area contributed by atoms with Gasteiger partial charge in [-0.05, 0) is 51.8 Å². The largest absolute Gasteiger partial charge is 0.369 e. The smallest absolute Gasteiger partial charge is 0.257 e. The summed E-state index contributed by atoms with van der Waals surface area (Å²) in [7, 11) is 0. The Bertz CT molecular complexity index is 799. The fourth-order valence-corrected chi connectivity index (χ4v) is 4.61.